The molecule has 1 N–H and O–H groups in total. The number of fused-ring (bicyclic) bond motifs is 3. The second kappa shape index (κ2) is 8.68. The van der Waals surface area contributed by atoms with Gasteiger partial charge in [-0.3, -0.25) is 4.79 Å². The summed E-state index contributed by atoms with van der Waals surface area (Å²) in [6.45, 7) is 10.4. The Morgan fingerprint density at radius 1 is 1.32 bits per heavy atom. The first-order chi connectivity index (χ1) is 14.8. The normalized spacial score (nSPS) is 41.5. The summed E-state index contributed by atoms with van der Waals surface area (Å²) in [7, 11) is 1.47. The Morgan fingerprint density at radius 2 is 2.13 bits per heavy atom. The number of carbonyl (C=O) groups is 2. The first-order valence-electron chi connectivity index (χ1n) is 11.3. The number of methoxy groups -OCH3 is 1. The number of esters is 1. The third-order valence-electron chi connectivity index (χ3n) is 8.26. The van der Waals surface area contributed by atoms with Gasteiger partial charge in [-0.25, -0.2) is 4.79 Å². The number of carbonyl (C=O) groups excluding carboxylic acids is 2. The number of allylic oxidation sites excluding steroid dienone is 2. The van der Waals surface area contributed by atoms with Gasteiger partial charge in [0.05, 0.1) is 24.3 Å². The highest BCUT2D eigenvalue weighted by Crippen LogP contribution is 2.62. The van der Waals surface area contributed by atoms with Gasteiger partial charge in [-0.05, 0) is 49.4 Å². The van der Waals surface area contributed by atoms with Crippen molar-refractivity contribution in [3.63, 3.8) is 0 Å². The lowest BCUT2D eigenvalue weighted by molar-refractivity contribution is -0.259. The second-order valence-corrected chi connectivity index (χ2v) is 10.0. The van der Waals surface area contributed by atoms with Crippen molar-refractivity contribution in [2.75, 3.05) is 33.7 Å². The Kier molecular flexibility index (Phi) is 6.30. The van der Waals surface area contributed by atoms with E-state index in [2.05, 4.69) is 25.7 Å². The molecule has 2 aliphatic heterocycles. The first kappa shape index (κ1) is 22.5. The summed E-state index contributed by atoms with van der Waals surface area (Å²) in [5, 5.41) is 2.83. The molecule has 172 valence electrons. The molecule has 0 spiro atoms. The Labute approximate surface area is 184 Å². The number of nitrogens with one attached hydrogen (secondary N) is 1. The minimum Gasteiger partial charge on any atom is -0.460 e. The molecule has 4 rings (SSSR count). The van der Waals surface area contributed by atoms with Crippen molar-refractivity contribution in [1.82, 2.24) is 5.32 Å². The molecule has 0 aromatic rings. The molecule has 0 aromatic heterocycles. The number of ether oxygens (including phenoxy) is 4. The van der Waals surface area contributed by atoms with Crippen LogP contribution in [0, 0.1) is 22.7 Å². The SMILES string of the molecule is C=C1CC[C@@H]2[C@]3(C)COCO[C@@H]3CC[C@@]2(C)[C@@H]1C/C=C1/C(=O)OC[C@@H]1NC(=O)COC. The summed E-state index contributed by atoms with van der Waals surface area (Å²) >= 11 is 0. The summed E-state index contributed by atoms with van der Waals surface area (Å²) in [5.74, 6) is 0.132. The molecule has 7 heteroatoms. The monoisotopic (exact) mass is 433 g/mol. The predicted octanol–water partition coefficient (Wildman–Crippen LogP) is 2.75. The van der Waals surface area contributed by atoms with Gasteiger partial charge in [0.1, 0.15) is 20.0 Å². The smallest absolute Gasteiger partial charge is 0.336 e. The van der Waals surface area contributed by atoms with Crippen LogP contribution in [0.4, 0.5) is 0 Å². The Bertz CT molecular complexity index is 778. The summed E-state index contributed by atoms with van der Waals surface area (Å²) in [4.78, 5) is 24.3. The van der Waals surface area contributed by atoms with Crippen molar-refractivity contribution in [2.45, 2.75) is 58.1 Å². The molecule has 2 saturated heterocycles. The Morgan fingerprint density at radius 3 is 2.90 bits per heavy atom. The highest BCUT2D eigenvalue weighted by molar-refractivity contribution is 5.93. The molecule has 6 atom stereocenters. The average Bonchev–Trinajstić information content (AvgIpc) is 3.06. The Hall–Kier alpha value is -1.70. The van der Waals surface area contributed by atoms with Gasteiger partial charge in [0, 0.05) is 12.5 Å². The lowest BCUT2D eigenvalue weighted by Gasteiger charge is -2.61. The molecule has 4 fully saturated rings. The zero-order valence-corrected chi connectivity index (χ0v) is 18.9. The van der Waals surface area contributed by atoms with E-state index >= 15 is 0 Å². The molecule has 2 heterocycles. The van der Waals surface area contributed by atoms with Crippen LogP contribution in [0.3, 0.4) is 0 Å². The van der Waals surface area contributed by atoms with Gasteiger partial charge in [-0.1, -0.05) is 32.1 Å². The van der Waals surface area contributed by atoms with E-state index in [9.17, 15) is 9.59 Å². The second-order valence-electron chi connectivity index (χ2n) is 10.0. The first-order valence-corrected chi connectivity index (χ1v) is 11.3. The molecule has 0 aromatic carbocycles. The van der Waals surface area contributed by atoms with E-state index in [1.165, 1.54) is 12.7 Å². The van der Waals surface area contributed by atoms with Crippen LogP contribution in [0.5, 0.6) is 0 Å². The maximum absolute atomic E-state index is 12.4. The lowest BCUT2D eigenvalue weighted by Crippen LogP contribution is -2.60. The quantitative estimate of drug-likeness (QED) is 0.408. The van der Waals surface area contributed by atoms with E-state index in [0.29, 0.717) is 18.3 Å². The van der Waals surface area contributed by atoms with Crippen LogP contribution in [0.2, 0.25) is 0 Å². The minimum atomic E-state index is -0.427. The predicted molar refractivity (Wildman–Crippen MR) is 114 cm³/mol. The van der Waals surface area contributed by atoms with E-state index in [-0.39, 0.29) is 47.9 Å². The zero-order valence-electron chi connectivity index (χ0n) is 18.9. The number of cyclic esters (lactones) is 1. The zero-order chi connectivity index (χ0) is 22.2. The summed E-state index contributed by atoms with van der Waals surface area (Å²) < 4.78 is 21.9. The molecule has 0 unspecified atom stereocenters. The van der Waals surface area contributed by atoms with E-state index < -0.39 is 6.04 Å². The maximum atomic E-state index is 12.4. The summed E-state index contributed by atoms with van der Waals surface area (Å²) in [6.07, 6.45) is 7.10. The third kappa shape index (κ3) is 3.96. The third-order valence-corrected chi connectivity index (χ3v) is 8.26. The van der Waals surface area contributed by atoms with E-state index in [0.717, 1.165) is 38.7 Å². The van der Waals surface area contributed by atoms with Crippen molar-refractivity contribution in [3.8, 4) is 0 Å². The van der Waals surface area contributed by atoms with E-state index in [1.807, 2.05) is 6.08 Å². The fourth-order valence-electron chi connectivity index (χ4n) is 6.70. The van der Waals surface area contributed by atoms with Crippen molar-refractivity contribution >= 4 is 11.9 Å². The van der Waals surface area contributed by atoms with Crippen molar-refractivity contribution in [2.24, 2.45) is 22.7 Å². The maximum Gasteiger partial charge on any atom is 0.336 e. The van der Waals surface area contributed by atoms with Crippen LogP contribution in [0.1, 0.15) is 46.0 Å². The average molecular weight is 434 g/mol. The number of amides is 1. The molecular formula is C24H35NO6. The van der Waals surface area contributed by atoms with E-state index in [1.54, 1.807) is 0 Å². The lowest BCUT2D eigenvalue weighted by atomic mass is 9.46. The number of hydrogen-bond acceptors (Lipinski definition) is 6. The minimum absolute atomic E-state index is 0.000292. The van der Waals surface area contributed by atoms with Gasteiger partial charge >= 0.3 is 5.97 Å². The molecule has 0 radical (unpaired) electrons. The van der Waals surface area contributed by atoms with Crippen molar-refractivity contribution in [3.05, 3.63) is 23.8 Å². The molecule has 0 bridgehead atoms. The molecule has 7 nitrogen and oxygen atoms in total. The number of rotatable bonds is 5. The van der Waals surface area contributed by atoms with Gasteiger partial charge in [0.15, 0.2) is 0 Å². The van der Waals surface area contributed by atoms with E-state index in [4.69, 9.17) is 18.9 Å². The van der Waals surface area contributed by atoms with Gasteiger partial charge in [-0.2, -0.15) is 0 Å². The molecule has 1 amide bonds. The summed E-state index contributed by atoms with van der Waals surface area (Å²) in [6, 6.07) is -0.427. The van der Waals surface area contributed by atoms with Crippen LogP contribution in [-0.4, -0.2) is 57.7 Å². The van der Waals surface area contributed by atoms with Gasteiger partial charge < -0.3 is 24.3 Å². The summed E-state index contributed by atoms with van der Waals surface area (Å²) in [5.41, 5.74) is 1.85. The van der Waals surface area contributed by atoms with Crippen LogP contribution >= 0.6 is 0 Å². The van der Waals surface area contributed by atoms with Crippen molar-refractivity contribution in [1.29, 1.82) is 0 Å². The van der Waals surface area contributed by atoms with Crippen molar-refractivity contribution < 1.29 is 28.5 Å². The van der Waals surface area contributed by atoms with Crippen LogP contribution in [0.25, 0.3) is 0 Å². The van der Waals surface area contributed by atoms with Gasteiger partial charge in [0.2, 0.25) is 5.91 Å². The fraction of sp³-hybridized carbons (Fsp3) is 0.750. The van der Waals surface area contributed by atoms with Crippen LogP contribution in [-0.2, 0) is 28.5 Å². The largest absolute Gasteiger partial charge is 0.460 e. The van der Waals surface area contributed by atoms with Crippen LogP contribution in [0.15, 0.2) is 23.8 Å². The topological polar surface area (TPSA) is 83.1 Å². The van der Waals surface area contributed by atoms with Gasteiger partial charge in [0.25, 0.3) is 0 Å². The molecular weight excluding hydrogens is 398 g/mol. The fourth-order valence-corrected chi connectivity index (χ4v) is 6.70. The molecule has 4 aliphatic rings. The highest BCUT2D eigenvalue weighted by Gasteiger charge is 2.59. The highest BCUT2D eigenvalue weighted by atomic mass is 16.7. The molecule has 2 saturated carbocycles. The molecule has 2 aliphatic carbocycles. The number of hydrogen-bond donors (Lipinski definition) is 1. The van der Waals surface area contributed by atoms with Gasteiger partial charge in [-0.15, -0.1) is 0 Å². The molecule has 31 heavy (non-hydrogen) atoms. The standard InChI is InChI=1S/C24H35NO6/c1-15-5-8-19-23(2,10-9-20-24(19,3)13-29-14-31-20)17(15)7-6-16-18(11-30-22(16)27)25-21(26)12-28-4/h6,17-20H,1,5,7-14H2,2-4H3,(H,25,26)/b16-6+/t17-,18+,19+,20-,23+,24+/m1/s1. The van der Waals surface area contributed by atoms with Crippen LogP contribution < -0.4 is 5.32 Å². The Balaban J connectivity index is 1.55.